The molecule has 1 aliphatic rings. The van der Waals surface area contributed by atoms with Gasteiger partial charge in [0.1, 0.15) is 0 Å². The Morgan fingerprint density at radius 2 is 1.74 bits per heavy atom. The van der Waals surface area contributed by atoms with Crippen LogP contribution in [0.5, 0.6) is 0 Å². The third-order valence-electron chi connectivity index (χ3n) is 4.37. The molecule has 2 unspecified atom stereocenters. The molecule has 23 heavy (non-hydrogen) atoms. The fraction of sp³-hybridized carbons (Fsp3) is 0.474. The predicted molar refractivity (Wildman–Crippen MR) is 95.9 cm³/mol. The first-order valence-electron chi connectivity index (χ1n) is 8.29. The maximum Gasteiger partial charge on any atom is 0.0925 e. The van der Waals surface area contributed by atoms with E-state index in [1.54, 1.807) is 6.07 Å². The second-order valence-electron chi connectivity index (χ2n) is 6.51. The third-order valence-corrected chi connectivity index (χ3v) is 4.37. The first-order chi connectivity index (χ1) is 10.9. The van der Waals surface area contributed by atoms with Crippen LogP contribution in [0.4, 0.5) is 11.4 Å². The van der Waals surface area contributed by atoms with Gasteiger partial charge < -0.3 is 21.3 Å². The van der Waals surface area contributed by atoms with E-state index in [1.165, 1.54) is 5.57 Å². The molecule has 2 rings (SSSR count). The van der Waals surface area contributed by atoms with E-state index in [1.807, 2.05) is 18.2 Å². The van der Waals surface area contributed by atoms with Crippen LogP contribution in [0.2, 0.25) is 0 Å². The molecule has 4 heteroatoms. The number of allylic oxidation sites excluding steroid dienone is 4. The summed E-state index contributed by atoms with van der Waals surface area (Å²) in [7, 11) is 0. The van der Waals surface area contributed by atoms with Crippen molar-refractivity contribution in [2.45, 2.75) is 52.2 Å². The Hall–Kier alpha value is -1.94. The van der Waals surface area contributed by atoms with Crippen molar-refractivity contribution in [2.24, 2.45) is 5.92 Å². The van der Waals surface area contributed by atoms with Gasteiger partial charge in [-0.2, -0.15) is 0 Å². The minimum Gasteiger partial charge on any atom is -0.512 e. The van der Waals surface area contributed by atoms with Gasteiger partial charge in [0.2, 0.25) is 0 Å². The molecule has 0 bridgehead atoms. The van der Waals surface area contributed by atoms with E-state index in [0.29, 0.717) is 29.7 Å². The lowest BCUT2D eigenvalue weighted by atomic mass is 9.89. The zero-order chi connectivity index (χ0) is 16.8. The molecule has 0 aromatic heterocycles. The lowest BCUT2D eigenvalue weighted by molar-refractivity contribution is 0.0445. The number of rotatable bonds is 7. The molecule has 0 amide bonds. The molecule has 0 radical (unpaired) electrons. The number of hydrogen-bond acceptors (Lipinski definition) is 4. The zero-order valence-electron chi connectivity index (χ0n) is 14.1. The summed E-state index contributed by atoms with van der Waals surface area (Å²) in [4.78, 5) is 0. The van der Waals surface area contributed by atoms with Gasteiger partial charge >= 0.3 is 0 Å². The first kappa shape index (κ1) is 17.4. The number of benzene rings is 1. The van der Waals surface area contributed by atoms with Crippen molar-refractivity contribution in [2.75, 3.05) is 11.5 Å². The van der Waals surface area contributed by atoms with Crippen LogP contribution in [-0.2, 0) is 11.3 Å². The largest absolute Gasteiger partial charge is 0.512 e. The standard InChI is InChI=1S/C19H28N2O2/c1-13(16-5-7-19(22)8-6-16)3-4-14(2)23-12-15-9-17(20)11-18(21)10-15/h5,7,9-11,13-14,22H,3-4,6,8,12,20-21H2,1-2H3. The molecule has 2 atom stereocenters. The zero-order valence-corrected chi connectivity index (χ0v) is 14.1. The maximum atomic E-state index is 9.42. The van der Waals surface area contributed by atoms with Gasteiger partial charge in [-0.15, -0.1) is 0 Å². The van der Waals surface area contributed by atoms with Crippen molar-refractivity contribution in [1.29, 1.82) is 0 Å². The number of nitrogens with two attached hydrogens (primary N) is 2. The Balaban J connectivity index is 1.75. The molecule has 0 fully saturated rings. The molecule has 0 saturated heterocycles. The highest BCUT2D eigenvalue weighted by atomic mass is 16.5. The van der Waals surface area contributed by atoms with Crippen LogP contribution in [0.15, 0.2) is 41.7 Å². The summed E-state index contributed by atoms with van der Waals surface area (Å²) in [6.45, 7) is 4.88. The van der Waals surface area contributed by atoms with Crippen LogP contribution in [0.3, 0.4) is 0 Å². The van der Waals surface area contributed by atoms with E-state index in [9.17, 15) is 5.11 Å². The number of hydrogen-bond donors (Lipinski definition) is 3. The average molecular weight is 316 g/mol. The van der Waals surface area contributed by atoms with Gasteiger partial charge in [-0.25, -0.2) is 0 Å². The molecule has 126 valence electrons. The van der Waals surface area contributed by atoms with Gasteiger partial charge in [0.05, 0.1) is 18.5 Å². The molecule has 1 aromatic carbocycles. The van der Waals surface area contributed by atoms with Crippen LogP contribution < -0.4 is 11.5 Å². The molecule has 4 nitrogen and oxygen atoms in total. The first-order valence-corrected chi connectivity index (χ1v) is 8.29. The summed E-state index contributed by atoms with van der Waals surface area (Å²) in [5, 5.41) is 9.42. The minimum atomic E-state index is 0.188. The van der Waals surface area contributed by atoms with Gasteiger partial charge in [-0.3, -0.25) is 0 Å². The maximum absolute atomic E-state index is 9.42. The van der Waals surface area contributed by atoms with Gasteiger partial charge in [0.15, 0.2) is 0 Å². The highest BCUT2D eigenvalue weighted by Gasteiger charge is 2.14. The topological polar surface area (TPSA) is 81.5 Å². The highest BCUT2D eigenvalue weighted by Crippen LogP contribution is 2.27. The Morgan fingerprint density at radius 3 is 2.35 bits per heavy atom. The van der Waals surface area contributed by atoms with E-state index in [0.717, 1.165) is 31.2 Å². The molecule has 0 saturated carbocycles. The van der Waals surface area contributed by atoms with Crippen molar-refractivity contribution < 1.29 is 9.84 Å². The predicted octanol–water partition coefficient (Wildman–Crippen LogP) is 4.33. The molecule has 5 N–H and O–H groups in total. The van der Waals surface area contributed by atoms with Crippen LogP contribution in [0.1, 0.15) is 45.1 Å². The number of aliphatic hydroxyl groups excluding tert-OH is 1. The van der Waals surface area contributed by atoms with E-state index >= 15 is 0 Å². The number of aliphatic hydroxyl groups is 1. The van der Waals surface area contributed by atoms with E-state index in [4.69, 9.17) is 16.2 Å². The monoisotopic (exact) mass is 316 g/mol. The van der Waals surface area contributed by atoms with Gasteiger partial charge in [0.25, 0.3) is 0 Å². The van der Waals surface area contributed by atoms with Crippen molar-refractivity contribution in [1.82, 2.24) is 0 Å². The Labute approximate surface area is 138 Å². The second-order valence-corrected chi connectivity index (χ2v) is 6.51. The fourth-order valence-corrected chi connectivity index (χ4v) is 2.87. The highest BCUT2D eigenvalue weighted by molar-refractivity contribution is 5.54. The van der Waals surface area contributed by atoms with Crippen LogP contribution in [0.25, 0.3) is 0 Å². The summed E-state index contributed by atoms with van der Waals surface area (Å²) in [5.41, 5.74) is 15.4. The summed E-state index contributed by atoms with van der Waals surface area (Å²) in [6.07, 6.45) is 7.88. The van der Waals surface area contributed by atoms with E-state index in [2.05, 4.69) is 19.9 Å². The van der Waals surface area contributed by atoms with Gasteiger partial charge in [0, 0.05) is 17.8 Å². The van der Waals surface area contributed by atoms with Gasteiger partial charge in [-0.1, -0.05) is 18.6 Å². The Bertz CT molecular complexity index is 573. The molecule has 0 spiro atoms. The van der Waals surface area contributed by atoms with Crippen LogP contribution >= 0.6 is 0 Å². The number of nitrogen functional groups attached to an aromatic ring is 2. The van der Waals surface area contributed by atoms with Gasteiger partial charge in [-0.05, 0) is 61.9 Å². The normalized spacial score (nSPS) is 17.3. The van der Waals surface area contributed by atoms with E-state index < -0.39 is 0 Å². The smallest absolute Gasteiger partial charge is 0.0925 e. The summed E-state index contributed by atoms with van der Waals surface area (Å²) in [6, 6.07) is 5.55. The van der Waals surface area contributed by atoms with Crippen molar-refractivity contribution in [3.05, 3.63) is 47.2 Å². The van der Waals surface area contributed by atoms with Crippen molar-refractivity contribution >= 4 is 11.4 Å². The van der Waals surface area contributed by atoms with Crippen molar-refractivity contribution in [3.8, 4) is 0 Å². The molecular formula is C19H28N2O2. The van der Waals surface area contributed by atoms with Crippen LogP contribution in [0, 0.1) is 5.92 Å². The van der Waals surface area contributed by atoms with Crippen LogP contribution in [-0.4, -0.2) is 11.2 Å². The Morgan fingerprint density at radius 1 is 1.04 bits per heavy atom. The number of anilines is 2. The summed E-state index contributed by atoms with van der Waals surface area (Å²) >= 11 is 0. The average Bonchev–Trinajstić information content (AvgIpc) is 2.50. The molecule has 0 aliphatic heterocycles. The quantitative estimate of drug-likeness (QED) is 0.654. The fourth-order valence-electron chi connectivity index (χ4n) is 2.87. The molecule has 1 aromatic rings. The number of ether oxygens (including phenoxy) is 1. The SMILES string of the molecule is CC(CCC(C)C1=CC=C(O)CC1)OCc1cc(N)cc(N)c1. The molecule has 0 heterocycles. The minimum absolute atomic E-state index is 0.188. The van der Waals surface area contributed by atoms with Crippen molar-refractivity contribution in [3.63, 3.8) is 0 Å². The summed E-state index contributed by atoms with van der Waals surface area (Å²) < 4.78 is 5.91. The third kappa shape index (κ3) is 5.64. The Kier molecular flexibility index (Phi) is 6.11. The molecule has 1 aliphatic carbocycles. The lowest BCUT2D eigenvalue weighted by Gasteiger charge is -2.20. The summed E-state index contributed by atoms with van der Waals surface area (Å²) in [5.74, 6) is 1.01. The lowest BCUT2D eigenvalue weighted by Crippen LogP contribution is -2.12. The second kappa shape index (κ2) is 8.06. The van der Waals surface area contributed by atoms with E-state index in [-0.39, 0.29) is 6.10 Å². The molecular weight excluding hydrogens is 288 g/mol.